The Morgan fingerprint density at radius 2 is 1.60 bits per heavy atom. The molecule has 0 aliphatic carbocycles. The maximum absolute atomic E-state index is 13.2. The third-order valence-electron chi connectivity index (χ3n) is 5.70. The van der Waals surface area contributed by atoms with E-state index < -0.39 is 0 Å². The van der Waals surface area contributed by atoms with Crippen molar-refractivity contribution in [3.05, 3.63) is 113 Å². The number of oxazole rings is 1. The van der Waals surface area contributed by atoms with Gasteiger partial charge >= 0.3 is 5.69 Å². The van der Waals surface area contributed by atoms with Crippen molar-refractivity contribution in [2.45, 2.75) is 6.54 Å². The summed E-state index contributed by atoms with van der Waals surface area (Å²) in [6, 6.07) is 18.9. The van der Waals surface area contributed by atoms with Gasteiger partial charge in [-0.3, -0.25) is 4.98 Å². The van der Waals surface area contributed by atoms with E-state index in [4.69, 9.17) is 16.0 Å². The topological polar surface area (TPSA) is 91.1 Å². The molecule has 2 aromatic carbocycles. The van der Waals surface area contributed by atoms with Crippen LogP contribution < -0.4 is 5.69 Å². The molecule has 0 N–H and O–H groups in total. The molecule has 0 radical (unpaired) electrons. The first-order chi connectivity index (χ1) is 17.2. The summed E-state index contributed by atoms with van der Waals surface area (Å²) in [6.45, 7) is 0.292. The Balaban J connectivity index is 1.46. The second-order valence-electron chi connectivity index (χ2n) is 7.89. The minimum absolute atomic E-state index is 0.292. The van der Waals surface area contributed by atoms with Crippen LogP contribution in [-0.2, 0) is 6.54 Å². The SMILES string of the molecule is O=c1n(Cc2ccc(-c3ncco3)cc2)nc2c(-c3ccncc3)c(-c3ccc(Cl)cc3)cnn12. The summed E-state index contributed by atoms with van der Waals surface area (Å²) < 4.78 is 8.09. The number of aromatic nitrogens is 6. The molecule has 6 aromatic rings. The van der Waals surface area contributed by atoms with E-state index in [0.717, 1.165) is 33.4 Å². The zero-order chi connectivity index (χ0) is 23.8. The predicted octanol–water partition coefficient (Wildman–Crippen LogP) is 4.98. The van der Waals surface area contributed by atoms with Crippen LogP contribution in [0.4, 0.5) is 0 Å². The molecule has 6 rings (SSSR count). The lowest BCUT2D eigenvalue weighted by atomic mass is 9.98. The summed E-state index contributed by atoms with van der Waals surface area (Å²) in [4.78, 5) is 21.5. The van der Waals surface area contributed by atoms with Crippen molar-refractivity contribution in [2.24, 2.45) is 0 Å². The van der Waals surface area contributed by atoms with Crippen molar-refractivity contribution in [3.63, 3.8) is 0 Å². The van der Waals surface area contributed by atoms with E-state index >= 15 is 0 Å². The first kappa shape index (κ1) is 21.0. The van der Waals surface area contributed by atoms with Gasteiger partial charge < -0.3 is 4.42 Å². The fourth-order valence-electron chi connectivity index (χ4n) is 4.01. The van der Waals surface area contributed by atoms with Gasteiger partial charge in [-0.1, -0.05) is 35.9 Å². The molecule has 0 spiro atoms. The van der Waals surface area contributed by atoms with Gasteiger partial charge in [0.2, 0.25) is 5.89 Å². The van der Waals surface area contributed by atoms with E-state index in [1.165, 1.54) is 15.5 Å². The maximum Gasteiger partial charge on any atom is 0.367 e. The molecule has 0 saturated heterocycles. The highest BCUT2D eigenvalue weighted by molar-refractivity contribution is 6.30. The van der Waals surface area contributed by atoms with E-state index in [2.05, 4.69) is 20.2 Å². The second kappa shape index (κ2) is 8.66. The Hall–Kier alpha value is -4.56. The summed E-state index contributed by atoms with van der Waals surface area (Å²) in [5.74, 6) is 0.544. The molecular formula is C26H17ClN6O2. The predicted molar refractivity (Wildman–Crippen MR) is 132 cm³/mol. The molecule has 0 unspecified atom stereocenters. The molecule has 170 valence electrons. The number of fused-ring (bicyclic) bond motifs is 1. The van der Waals surface area contributed by atoms with Crippen molar-refractivity contribution in [2.75, 3.05) is 0 Å². The van der Waals surface area contributed by atoms with Gasteiger partial charge in [0.25, 0.3) is 0 Å². The van der Waals surface area contributed by atoms with E-state index in [1.807, 2.05) is 60.7 Å². The molecule has 0 fully saturated rings. The van der Waals surface area contributed by atoms with Gasteiger partial charge in [-0.15, -0.1) is 5.10 Å². The minimum Gasteiger partial charge on any atom is -0.445 e. The van der Waals surface area contributed by atoms with E-state index in [0.29, 0.717) is 23.1 Å². The summed E-state index contributed by atoms with van der Waals surface area (Å²) in [7, 11) is 0. The van der Waals surface area contributed by atoms with E-state index in [9.17, 15) is 4.79 Å². The van der Waals surface area contributed by atoms with Gasteiger partial charge in [-0.2, -0.15) is 9.61 Å². The second-order valence-corrected chi connectivity index (χ2v) is 8.32. The number of nitrogens with zero attached hydrogens (tertiary/aromatic N) is 6. The Labute approximate surface area is 204 Å². The molecule has 4 heterocycles. The van der Waals surface area contributed by atoms with E-state index in [-0.39, 0.29) is 5.69 Å². The molecule has 0 amide bonds. The van der Waals surface area contributed by atoms with Crippen LogP contribution in [0.2, 0.25) is 5.02 Å². The number of halogens is 1. The largest absolute Gasteiger partial charge is 0.445 e. The normalized spacial score (nSPS) is 11.2. The Morgan fingerprint density at radius 3 is 2.31 bits per heavy atom. The first-order valence-electron chi connectivity index (χ1n) is 10.8. The third-order valence-corrected chi connectivity index (χ3v) is 5.96. The molecule has 0 bridgehead atoms. The molecular weight excluding hydrogens is 464 g/mol. The van der Waals surface area contributed by atoms with Crippen LogP contribution >= 0.6 is 11.6 Å². The van der Waals surface area contributed by atoms with E-state index in [1.54, 1.807) is 24.8 Å². The van der Waals surface area contributed by atoms with Crippen LogP contribution in [0.15, 0.2) is 101 Å². The number of hydrogen-bond acceptors (Lipinski definition) is 6. The molecule has 4 aromatic heterocycles. The van der Waals surface area contributed by atoms with Gasteiger partial charge in [-0.05, 0) is 53.1 Å². The third kappa shape index (κ3) is 3.89. The first-order valence-corrected chi connectivity index (χ1v) is 11.2. The fourth-order valence-corrected chi connectivity index (χ4v) is 4.13. The lowest BCUT2D eigenvalue weighted by Crippen LogP contribution is -2.22. The smallest absolute Gasteiger partial charge is 0.367 e. The van der Waals surface area contributed by atoms with Crippen molar-refractivity contribution in [1.29, 1.82) is 0 Å². The number of benzene rings is 2. The molecule has 35 heavy (non-hydrogen) atoms. The summed E-state index contributed by atoms with van der Waals surface area (Å²) >= 11 is 6.10. The van der Waals surface area contributed by atoms with Gasteiger partial charge in [0.1, 0.15) is 6.26 Å². The highest BCUT2D eigenvalue weighted by atomic mass is 35.5. The van der Waals surface area contributed by atoms with Gasteiger partial charge in [0.05, 0.1) is 18.9 Å². The summed E-state index contributed by atoms with van der Waals surface area (Å²) in [5, 5.41) is 9.76. The highest BCUT2D eigenvalue weighted by Gasteiger charge is 2.19. The average Bonchev–Trinajstić information content (AvgIpc) is 3.54. The lowest BCUT2D eigenvalue weighted by Gasteiger charge is -2.10. The van der Waals surface area contributed by atoms with Crippen LogP contribution in [0.1, 0.15) is 5.56 Å². The molecule has 0 saturated carbocycles. The van der Waals surface area contributed by atoms with Gasteiger partial charge in [0.15, 0.2) is 5.65 Å². The fraction of sp³-hybridized carbons (Fsp3) is 0.0385. The number of hydrogen-bond donors (Lipinski definition) is 0. The summed E-state index contributed by atoms with van der Waals surface area (Å²) in [6.07, 6.45) is 8.24. The van der Waals surface area contributed by atoms with Crippen LogP contribution in [0.25, 0.3) is 39.4 Å². The molecule has 0 aliphatic rings. The zero-order valence-corrected chi connectivity index (χ0v) is 19.0. The maximum atomic E-state index is 13.2. The molecule has 9 heteroatoms. The van der Waals surface area contributed by atoms with Crippen molar-refractivity contribution in [1.82, 2.24) is 29.4 Å². The Bertz CT molecular complexity index is 1670. The van der Waals surface area contributed by atoms with Crippen LogP contribution in [0.3, 0.4) is 0 Å². The van der Waals surface area contributed by atoms with Crippen molar-refractivity contribution < 1.29 is 4.42 Å². The monoisotopic (exact) mass is 480 g/mol. The number of rotatable bonds is 5. The molecule has 0 atom stereocenters. The lowest BCUT2D eigenvalue weighted by molar-refractivity contribution is 0.574. The van der Waals surface area contributed by atoms with Crippen LogP contribution in [0.5, 0.6) is 0 Å². The molecule has 8 nitrogen and oxygen atoms in total. The standard InChI is InChI=1S/C26H17ClN6O2/c27-21-7-5-18(6-8-21)22-15-30-33-24(23(22)19-9-11-28-12-10-19)31-32(26(33)34)16-17-1-3-20(4-2-17)25-29-13-14-35-25/h1-15H,16H2. The highest BCUT2D eigenvalue weighted by Crippen LogP contribution is 2.34. The quantitative estimate of drug-likeness (QED) is 0.345. The van der Waals surface area contributed by atoms with Gasteiger partial charge in [-0.25, -0.2) is 14.5 Å². The minimum atomic E-state index is -0.324. The Morgan fingerprint density at radius 1 is 0.857 bits per heavy atom. The van der Waals surface area contributed by atoms with Crippen LogP contribution in [0, 0.1) is 0 Å². The molecule has 0 aliphatic heterocycles. The van der Waals surface area contributed by atoms with Crippen molar-refractivity contribution in [3.8, 4) is 33.7 Å². The Kier molecular flexibility index (Phi) is 5.20. The van der Waals surface area contributed by atoms with Crippen LogP contribution in [-0.4, -0.2) is 29.4 Å². The average molecular weight is 481 g/mol. The van der Waals surface area contributed by atoms with Crippen molar-refractivity contribution >= 4 is 17.2 Å². The summed E-state index contributed by atoms with van der Waals surface area (Å²) in [5.41, 5.74) is 5.34. The number of pyridine rings is 1. The van der Waals surface area contributed by atoms with Gasteiger partial charge in [0, 0.05) is 34.1 Å². The zero-order valence-electron chi connectivity index (χ0n) is 18.2.